The topological polar surface area (TPSA) is 60.2 Å². The zero-order valence-electron chi connectivity index (χ0n) is 6.18. The minimum Gasteiger partial charge on any atom is -0.394 e. The van der Waals surface area contributed by atoms with E-state index >= 15 is 0 Å². The van der Waals surface area contributed by atoms with E-state index in [0.717, 1.165) is 0 Å². The fraction of sp³-hybridized carbons (Fsp3) is 0.667. The van der Waals surface area contributed by atoms with E-state index < -0.39 is 0 Å². The van der Waals surface area contributed by atoms with E-state index in [2.05, 4.69) is 10.3 Å². The number of ether oxygens (including phenoxy) is 1. The highest BCUT2D eigenvalue weighted by Crippen LogP contribution is 1.81. The second kappa shape index (κ2) is 4.81. The number of rotatable bonds is 5. The zero-order chi connectivity index (χ0) is 7.94. The summed E-state index contributed by atoms with van der Waals surface area (Å²) >= 11 is 0. The maximum atomic E-state index is 8.36. The summed E-state index contributed by atoms with van der Waals surface area (Å²) in [4.78, 5) is 0. The van der Waals surface area contributed by atoms with Gasteiger partial charge in [0.05, 0.1) is 32.6 Å². The molecule has 1 rings (SSSR count). The highest BCUT2D eigenvalue weighted by Gasteiger charge is 1.90. The average Bonchev–Trinajstić information content (AvgIpc) is 2.50. The van der Waals surface area contributed by atoms with E-state index in [9.17, 15) is 0 Å². The number of aliphatic hydroxyl groups is 1. The number of hydrogen-bond donors (Lipinski definition) is 1. The molecule has 0 aliphatic carbocycles. The van der Waals surface area contributed by atoms with E-state index in [1.807, 2.05) is 0 Å². The fourth-order valence-corrected chi connectivity index (χ4v) is 0.677. The van der Waals surface area contributed by atoms with Crippen LogP contribution in [0.2, 0.25) is 0 Å². The Labute approximate surface area is 64.6 Å². The third kappa shape index (κ3) is 3.10. The lowest BCUT2D eigenvalue weighted by molar-refractivity contribution is 0.0851. The average molecular weight is 157 g/mol. The molecule has 0 aliphatic heterocycles. The minimum absolute atomic E-state index is 0.0668. The van der Waals surface area contributed by atoms with Crippen molar-refractivity contribution in [2.45, 2.75) is 6.54 Å². The Morgan fingerprint density at radius 1 is 1.45 bits per heavy atom. The zero-order valence-corrected chi connectivity index (χ0v) is 6.18. The van der Waals surface area contributed by atoms with Gasteiger partial charge < -0.3 is 9.84 Å². The molecule has 0 saturated heterocycles. The summed E-state index contributed by atoms with van der Waals surface area (Å²) < 4.78 is 6.70. The fourth-order valence-electron chi connectivity index (χ4n) is 0.677. The monoisotopic (exact) mass is 157 g/mol. The van der Waals surface area contributed by atoms with Crippen molar-refractivity contribution < 1.29 is 9.84 Å². The van der Waals surface area contributed by atoms with Gasteiger partial charge in [-0.1, -0.05) is 5.21 Å². The standard InChI is InChI=1S/C6H11N3O2/c10-4-6-11-5-3-9-2-1-7-8-9/h1-2,10H,3-6H2. The number of aromatic nitrogens is 3. The summed E-state index contributed by atoms with van der Waals surface area (Å²) in [5.74, 6) is 0. The van der Waals surface area contributed by atoms with E-state index in [4.69, 9.17) is 9.84 Å². The Bertz CT molecular complexity index is 176. The second-order valence-electron chi connectivity index (χ2n) is 2.00. The molecular weight excluding hydrogens is 146 g/mol. The Kier molecular flexibility index (Phi) is 3.57. The molecular formula is C6H11N3O2. The number of hydrogen-bond acceptors (Lipinski definition) is 4. The molecule has 11 heavy (non-hydrogen) atoms. The van der Waals surface area contributed by atoms with Crippen molar-refractivity contribution in [2.24, 2.45) is 0 Å². The van der Waals surface area contributed by atoms with Gasteiger partial charge in [-0.15, -0.1) is 5.10 Å². The third-order valence-corrected chi connectivity index (χ3v) is 1.17. The van der Waals surface area contributed by atoms with Crippen LogP contribution in [0.25, 0.3) is 0 Å². The van der Waals surface area contributed by atoms with Crippen molar-refractivity contribution in [1.82, 2.24) is 15.0 Å². The van der Waals surface area contributed by atoms with Crippen LogP contribution in [0.15, 0.2) is 12.4 Å². The first kappa shape index (κ1) is 8.16. The van der Waals surface area contributed by atoms with E-state index in [-0.39, 0.29) is 6.61 Å². The molecule has 1 heterocycles. The first-order valence-electron chi connectivity index (χ1n) is 3.46. The first-order chi connectivity index (χ1) is 5.43. The van der Waals surface area contributed by atoms with Gasteiger partial charge in [0.1, 0.15) is 0 Å². The Balaban J connectivity index is 2.04. The van der Waals surface area contributed by atoms with Crippen LogP contribution in [0.3, 0.4) is 0 Å². The predicted octanol–water partition coefficient (Wildman–Crippen LogP) is -0.713. The molecule has 0 aliphatic rings. The van der Waals surface area contributed by atoms with Gasteiger partial charge >= 0.3 is 0 Å². The van der Waals surface area contributed by atoms with E-state index in [0.29, 0.717) is 19.8 Å². The molecule has 0 atom stereocenters. The Morgan fingerprint density at radius 2 is 2.36 bits per heavy atom. The first-order valence-corrected chi connectivity index (χ1v) is 3.46. The SMILES string of the molecule is OCCOCCn1ccnn1. The molecule has 0 saturated carbocycles. The molecule has 0 aromatic carbocycles. The molecule has 0 radical (unpaired) electrons. The molecule has 62 valence electrons. The van der Waals surface area contributed by atoms with Gasteiger partial charge in [-0.25, -0.2) is 0 Å². The van der Waals surface area contributed by atoms with Crippen LogP contribution in [0.4, 0.5) is 0 Å². The lowest BCUT2D eigenvalue weighted by Crippen LogP contribution is -2.08. The van der Waals surface area contributed by atoms with Crippen LogP contribution in [-0.2, 0) is 11.3 Å². The maximum absolute atomic E-state index is 8.36. The molecule has 0 unspecified atom stereocenters. The normalized spacial score (nSPS) is 10.3. The highest BCUT2D eigenvalue weighted by molar-refractivity contribution is 4.63. The third-order valence-electron chi connectivity index (χ3n) is 1.17. The van der Waals surface area contributed by atoms with Crippen LogP contribution in [0.1, 0.15) is 0 Å². The quantitative estimate of drug-likeness (QED) is 0.573. The predicted molar refractivity (Wildman–Crippen MR) is 37.9 cm³/mol. The van der Waals surface area contributed by atoms with Crippen LogP contribution >= 0.6 is 0 Å². The molecule has 1 N–H and O–H groups in total. The molecule has 5 heteroatoms. The van der Waals surface area contributed by atoms with Crippen LogP contribution in [0, 0.1) is 0 Å². The molecule has 1 aromatic rings. The molecule has 0 bridgehead atoms. The highest BCUT2D eigenvalue weighted by atomic mass is 16.5. The van der Waals surface area contributed by atoms with Gasteiger partial charge in [0.2, 0.25) is 0 Å². The van der Waals surface area contributed by atoms with E-state index in [1.165, 1.54) is 0 Å². The van der Waals surface area contributed by atoms with Crippen LogP contribution < -0.4 is 0 Å². The summed E-state index contributed by atoms with van der Waals surface area (Å²) in [6.45, 7) is 1.69. The molecule has 1 aromatic heterocycles. The lowest BCUT2D eigenvalue weighted by Gasteiger charge is -2.00. The van der Waals surface area contributed by atoms with Crippen molar-refractivity contribution >= 4 is 0 Å². The molecule has 5 nitrogen and oxygen atoms in total. The molecule has 0 amide bonds. The summed E-state index contributed by atoms with van der Waals surface area (Å²) in [5, 5.41) is 15.7. The lowest BCUT2D eigenvalue weighted by atomic mass is 10.7. The largest absolute Gasteiger partial charge is 0.394 e. The second-order valence-corrected chi connectivity index (χ2v) is 2.00. The summed E-state index contributed by atoms with van der Waals surface area (Å²) in [5.41, 5.74) is 0. The van der Waals surface area contributed by atoms with Gasteiger partial charge in [0.15, 0.2) is 0 Å². The Morgan fingerprint density at radius 3 is 3.00 bits per heavy atom. The molecule has 0 fully saturated rings. The maximum Gasteiger partial charge on any atom is 0.0698 e. The van der Waals surface area contributed by atoms with E-state index in [1.54, 1.807) is 17.1 Å². The van der Waals surface area contributed by atoms with Gasteiger partial charge in [-0.2, -0.15) is 0 Å². The summed E-state index contributed by atoms with van der Waals surface area (Å²) in [6, 6.07) is 0. The summed E-state index contributed by atoms with van der Waals surface area (Å²) in [7, 11) is 0. The van der Waals surface area contributed by atoms with Crippen molar-refractivity contribution in [2.75, 3.05) is 19.8 Å². The van der Waals surface area contributed by atoms with Crippen molar-refractivity contribution in [3.8, 4) is 0 Å². The molecule has 0 spiro atoms. The van der Waals surface area contributed by atoms with Gasteiger partial charge in [-0.05, 0) is 0 Å². The Hall–Kier alpha value is -0.940. The number of nitrogens with zero attached hydrogens (tertiary/aromatic N) is 3. The van der Waals surface area contributed by atoms with Crippen LogP contribution in [-0.4, -0.2) is 39.9 Å². The van der Waals surface area contributed by atoms with Gasteiger partial charge in [0.25, 0.3) is 0 Å². The van der Waals surface area contributed by atoms with Crippen molar-refractivity contribution in [3.63, 3.8) is 0 Å². The van der Waals surface area contributed by atoms with Crippen molar-refractivity contribution in [3.05, 3.63) is 12.4 Å². The summed E-state index contributed by atoms with van der Waals surface area (Å²) in [6.07, 6.45) is 3.38. The van der Waals surface area contributed by atoms with Crippen LogP contribution in [0.5, 0.6) is 0 Å². The minimum atomic E-state index is 0.0668. The smallest absolute Gasteiger partial charge is 0.0698 e. The van der Waals surface area contributed by atoms with Gasteiger partial charge in [-0.3, -0.25) is 4.68 Å². The number of aliphatic hydroxyl groups excluding tert-OH is 1. The van der Waals surface area contributed by atoms with Gasteiger partial charge in [0, 0.05) is 6.20 Å². The van der Waals surface area contributed by atoms with Crippen molar-refractivity contribution in [1.29, 1.82) is 0 Å².